The van der Waals surface area contributed by atoms with Gasteiger partial charge in [0, 0.05) is 0 Å². The molecule has 1 rings (SSSR count). The maximum atomic E-state index is 8.77. The van der Waals surface area contributed by atoms with Gasteiger partial charge in [-0.2, -0.15) is 4.67 Å². The quantitative estimate of drug-likeness (QED) is 0.413. The van der Waals surface area contributed by atoms with Crippen LogP contribution in [0.4, 0.5) is 0 Å². The van der Waals surface area contributed by atoms with Crippen molar-refractivity contribution in [2.24, 2.45) is 0 Å². The molecule has 0 aliphatic carbocycles. The van der Waals surface area contributed by atoms with E-state index in [-0.39, 0.29) is 5.90 Å². The lowest BCUT2D eigenvalue weighted by molar-refractivity contribution is 0.523. The molecule has 0 saturated heterocycles. The second-order valence-electron chi connectivity index (χ2n) is 1.79. The highest BCUT2D eigenvalue weighted by Crippen LogP contribution is 1.78. The summed E-state index contributed by atoms with van der Waals surface area (Å²) < 4.78 is 3.76. The number of amidine groups is 1. The highest BCUT2D eigenvalue weighted by molar-refractivity contribution is 5.87. The van der Waals surface area contributed by atoms with E-state index in [4.69, 9.17) is 5.11 Å². The fourth-order valence-electron chi connectivity index (χ4n) is 0.644. The number of nitrogens with zero attached hydrogens (tertiary/aromatic N) is 1. The van der Waals surface area contributed by atoms with Crippen molar-refractivity contribution < 1.29 is 5.11 Å². The molecule has 0 bridgehead atoms. The number of hydrogen-bond acceptors (Lipinski definition) is 1. The van der Waals surface area contributed by atoms with E-state index < -0.39 is 0 Å². The fraction of sp³-hybridized carbons (Fsp3) is 0.600. The predicted molar refractivity (Wildman–Crippen MR) is 33.1 cm³/mol. The summed E-state index contributed by atoms with van der Waals surface area (Å²) in [6.45, 7) is 2.64. The number of rotatable bonds is 0. The van der Waals surface area contributed by atoms with Gasteiger partial charge in [-0.25, -0.2) is 0 Å². The molecule has 1 aliphatic rings. The van der Waals surface area contributed by atoms with Crippen molar-refractivity contribution in [3.05, 3.63) is 0 Å². The van der Waals surface area contributed by atoms with Gasteiger partial charge in [0.25, 0.3) is 0 Å². The Bertz CT molecular complexity index is 142. The Morgan fingerprint density at radius 2 is 2.50 bits per heavy atom. The molecule has 0 atom stereocenters. The molecule has 0 amide bonds. The van der Waals surface area contributed by atoms with E-state index in [0.29, 0.717) is 6.42 Å². The standard InChI is InChI=1S/C5H8N2O/c1-4-6-3-2-5(8)7-4/h2-3H2,1H3,(H,6,7,8)/p+1. The average Bonchev–Trinajstić information content (AvgIpc) is 1.64. The van der Waals surface area contributed by atoms with E-state index in [9.17, 15) is 0 Å². The van der Waals surface area contributed by atoms with Crippen LogP contribution in [-0.2, 0) is 0 Å². The SMILES string of the molecule is CC1=[N+]=C(O)CCN1. The second kappa shape index (κ2) is 1.88. The average molecular weight is 113 g/mol. The fourth-order valence-corrected chi connectivity index (χ4v) is 0.644. The van der Waals surface area contributed by atoms with Crippen molar-refractivity contribution >= 4 is 11.7 Å². The maximum Gasteiger partial charge on any atom is 0.358 e. The van der Waals surface area contributed by atoms with Crippen molar-refractivity contribution in [2.75, 3.05) is 6.54 Å². The molecular formula is C5H9N2O+. The van der Waals surface area contributed by atoms with Gasteiger partial charge in [-0.3, -0.25) is 5.32 Å². The first-order valence-electron chi connectivity index (χ1n) is 2.63. The summed E-state index contributed by atoms with van der Waals surface area (Å²) in [6.07, 6.45) is 0.650. The van der Waals surface area contributed by atoms with Gasteiger partial charge < -0.3 is 5.11 Å². The highest BCUT2D eigenvalue weighted by atomic mass is 16.3. The molecule has 1 heterocycles. The molecular weight excluding hydrogens is 104 g/mol. The van der Waals surface area contributed by atoms with Crippen LogP contribution in [0.3, 0.4) is 0 Å². The third-order valence-electron chi connectivity index (χ3n) is 1.03. The largest absolute Gasteiger partial charge is 0.469 e. The molecule has 0 aromatic heterocycles. The van der Waals surface area contributed by atoms with Crippen molar-refractivity contribution in [2.45, 2.75) is 13.3 Å². The molecule has 3 nitrogen and oxygen atoms in total. The van der Waals surface area contributed by atoms with Crippen LogP contribution in [0, 0.1) is 0 Å². The van der Waals surface area contributed by atoms with Gasteiger partial charge in [0.15, 0.2) is 0 Å². The zero-order chi connectivity index (χ0) is 5.98. The Hall–Kier alpha value is -0.950. The van der Waals surface area contributed by atoms with E-state index in [1.807, 2.05) is 6.92 Å². The molecule has 8 heavy (non-hydrogen) atoms. The summed E-state index contributed by atoms with van der Waals surface area (Å²) in [5.74, 6) is 1.04. The van der Waals surface area contributed by atoms with E-state index in [2.05, 4.69) is 9.98 Å². The van der Waals surface area contributed by atoms with Gasteiger partial charge in [0.2, 0.25) is 0 Å². The van der Waals surface area contributed by atoms with Crippen LogP contribution < -0.4 is 9.98 Å². The minimum Gasteiger partial charge on any atom is -0.469 e. The maximum absolute atomic E-state index is 8.77. The summed E-state index contributed by atoms with van der Waals surface area (Å²) in [4.78, 5) is 0. The molecule has 44 valence electrons. The topological polar surface area (TPSA) is 46.4 Å². The Kier molecular flexibility index (Phi) is 1.22. The third-order valence-corrected chi connectivity index (χ3v) is 1.03. The molecule has 3 heteroatoms. The minimum absolute atomic E-state index is 0.237. The molecule has 0 saturated carbocycles. The van der Waals surface area contributed by atoms with Crippen LogP contribution in [0.25, 0.3) is 0 Å². The summed E-state index contributed by atoms with van der Waals surface area (Å²) in [5, 5.41) is 11.8. The lowest BCUT2D eigenvalue weighted by Gasteiger charge is -1.95. The van der Waals surface area contributed by atoms with Crippen molar-refractivity contribution in [1.82, 2.24) is 9.98 Å². The Morgan fingerprint density at radius 3 is 2.88 bits per heavy atom. The number of hydrogen-bond donors (Lipinski definition) is 2. The van der Waals surface area contributed by atoms with Gasteiger partial charge in [-0.15, -0.1) is 0 Å². The van der Waals surface area contributed by atoms with E-state index >= 15 is 0 Å². The first-order valence-corrected chi connectivity index (χ1v) is 2.63. The molecule has 1 aliphatic heterocycles. The van der Waals surface area contributed by atoms with Crippen molar-refractivity contribution in [1.29, 1.82) is 0 Å². The van der Waals surface area contributed by atoms with Gasteiger partial charge in [-0.1, -0.05) is 0 Å². The number of aliphatic hydroxyl groups excluding tert-OH is 1. The molecule has 0 aromatic rings. The third kappa shape index (κ3) is 1.01. The summed E-state index contributed by atoms with van der Waals surface area (Å²) >= 11 is 0. The summed E-state index contributed by atoms with van der Waals surface area (Å²) in [6, 6.07) is 0. The minimum atomic E-state index is 0.237. The zero-order valence-corrected chi connectivity index (χ0v) is 4.81. The van der Waals surface area contributed by atoms with Crippen molar-refractivity contribution in [3.63, 3.8) is 0 Å². The molecule has 2 N–H and O–H groups in total. The molecule has 0 fully saturated rings. The summed E-state index contributed by atoms with van der Waals surface area (Å²) in [5.41, 5.74) is 0. The second-order valence-corrected chi connectivity index (χ2v) is 1.79. The van der Waals surface area contributed by atoms with E-state index in [1.54, 1.807) is 0 Å². The van der Waals surface area contributed by atoms with Crippen LogP contribution in [0.15, 0.2) is 0 Å². The van der Waals surface area contributed by atoms with Crippen LogP contribution in [-0.4, -0.2) is 23.4 Å². The van der Waals surface area contributed by atoms with Gasteiger partial charge in [0.05, 0.1) is 19.9 Å². The van der Waals surface area contributed by atoms with Gasteiger partial charge in [-0.05, 0) is 0 Å². The van der Waals surface area contributed by atoms with Crippen LogP contribution in [0.2, 0.25) is 0 Å². The van der Waals surface area contributed by atoms with E-state index in [0.717, 1.165) is 12.4 Å². The highest BCUT2D eigenvalue weighted by Gasteiger charge is 2.10. The number of aliphatic hydroxyl groups is 1. The van der Waals surface area contributed by atoms with Crippen LogP contribution in [0.5, 0.6) is 0 Å². The monoisotopic (exact) mass is 113 g/mol. The predicted octanol–water partition coefficient (Wildman–Crippen LogP) is -0.578. The first-order chi connectivity index (χ1) is 3.79. The molecule has 0 radical (unpaired) electrons. The Labute approximate surface area is 47.8 Å². The Balaban J connectivity index is 2.83. The van der Waals surface area contributed by atoms with Gasteiger partial charge in [0.1, 0.15) is 0 Å². The zero-order valence-electron chi connectivity index (χ0n) is 4.81. The van der Waals surface area contributed by atoms with Crippen LogP contribution >= 0.6 is 0 Å². The molecule has 0 aromatic carbocycles. The molecule has 0 unspecified atom stereocenters. The normalized spacial score (nSPS) is 18.6. The lowest BCUT2D eigenvalue weighted by atomic mass is 10.4. The van der Waals surface area contributed by atoms with Crippen molar-refractivity contribution in [3.8, 4) is 0 Å². The molecule has 0 spiro atoms. The Morgan fingerprint density at radius 1 is 1.75 bits per heavy atom. The lowest BCUT2D eigenvalue weighted by Crippen LogP contribution is -2.31. The van der Waals surface area contributed by atoms with Crippen LogP contribution in [0.1, 0.15) is 13.3 Å². The van der Waals surface area contributed by atoms with Gasteiger partial charge >= 0.3 is 11.7 Å². The van der Waals surface area contributed by atoms with E-state index in [1.165, 1.54) is 0 Å². The number of nitrogens with one attached hydrogen (secondary N) is 1. The first kappa shape index (κ1) is 5.19. The smallest absolute Gasteiger partial charge is 0.358 e. The summed E-state index contributed by atoms with van der Waals surface area (Å²) in [7, 11) is 0.